The van der Waals surface area contributed by atoms with E-state index in [4.69, 9.17) is 4.74 Å². The Morgan fingerprint density at radius 2 is 1.76 bits per heavy atom. The molecule has 2 rings (SSSR count). The summed E-state index contributed by atoms with van der Waals surface area (Å²) in [7, 11) is 1.70. The molecule has 1 aliphatic heterocycles. The van der Waals surface area contributed by atoms with E-state index in [0.717, 1.165) is 5.56 Å². The molecule has 0 radical (unpaired) electrons. The fourth-order valence-electron chi connectivity index (χ4n) is 2.53. The second kappa shape index (κ2) is 6.83. The van der Waals surface area contributed by atoms with Crippen LogP contribution in [-0.2, 0) is 4.74 Å². The first-order chi connectivity index (χ1) is 9.93. The average molecular weight is 297 g/mol. The maximum Gasteiger partial charge on any atom is 0.139 e. The molecule has 118 valence electrons. The van der Waals surface area contributed by atoms with Gasteiger partial charge in [-0.25, -0.2) is 0 Å². The van der Waals surface area contributed by atoms with Crippen LogP contribution in [0.3, 0.4) is 0 Å². The molecule has 1 heterocycles. The molecule has 21 heavy (non-hydrogen) atoms. The van der Waals surface area contributed by atoms with Gasteiger partial charge in [-0.3, -0.25) is 4.90 Å². The highest BCUT2D eigenvalue weighted by molar-refractivity contribution is 5.18. The highest BCUT2D eigenvalue weighted by atomic mass is 16.5. The van der Waals surface area contributed by atoms with Crippen LogP contribution in [0.2, 0.25) is 0 Å². The Hall–Kier alpha value is -1.02. The van der Waals surface area contributed by atoms with E-state index in [9.17, 15) is 20.4 Å². The minimum atomic E-state index is -1.26. The maximum absolute atomic E-state index is 10.4. The van der Waals surface area contributed by atoms with E-state index in [1.807, 2.05) is 37.3 Å². The molecule has 1 aromatic carbocycles. The molecule has 1 aliphatic rings. The zero-order valence-corrected chi connectivity index (χ0v) is 12.2. The molecular formula is C15H23NO5. The van der Waals surface area contributed by atoms with Crippen LogP contribution >= 0.6 is 0 Å². The fourth-order valence-corrected chi connectivity index (χ4v) is 2.53. The fraction of sp³-hybridized carbons (Fsp3) is 0.600. The lowest BCUT2D eigenvalue weighted by Crippen LogP contribution is -2.60. The lowest BCUT2D eigenvalue weighted by Gasteiger charge is -2.43. The largest absolute Gasteiger partial charge is 0.388 e. The lowest BCUT2D eigenvalue weighted by molar-refractivity contribution is -0.233. The molecule has 1 fully saturated rings. The van der Waals surface area contributed by atoms with Crippen molar-refractivity contribution in [1.29, 1.82) is 0 Å². The van der Waals surface area contributed by atoms with Gasteiger partial charge in [0.05, 0.1) is 12.7 Å². The van der Waals surface area contributed by atoms with Gasteiger partial charge in [0.25, 0.3) is 0 Å². The Bertz CT molecular complexity index is 443. The van der Waals surface area contributed by atoms with Crippen LogP contribution in [-0.4, -0.2) is 69.6 Å². The Morgan fingerprint density at radius 1 is 1.14 bits per heavy atom. The molecule has 6 nitrogen and oxygen atoms in total. The molecule has 1 aromatic rings. The summed E-state index contributed by atoms with van der Waals surface area (Å²) >= 11 is 0. The lowest BCUT2D eigenvalue weighted by atomic mass is 9.99. The standard InChI is InChI=1S/C15H23NO5/c1-9(12(18)10-6-4-3-5-7-10)16(2)15-14(20)13(19)11(17)8-21-15/h3-7,9,11-15,17-20H,8H2,1-2H3/t9-,11-,12+,13-,14+,15-/m0/s1. The zero-order chi connectivity index (χ0) is 15.6. The van der Waals surface area contributed by atoms with Crippen LogP contribution in [0.25, 0.3) is 0 Å². The van der Waals surface area contributed by atoms with Crippen LogP contribution in [0, 0.1) is 0 Å². The van der Waals surface area contributed by atoms with Gasteiger partial charge in [-0.1, -0.05) is 30.3 Å². The molecule has 6 heteroatoms. The molecular weight excluding hydrogens is 274 g/mol. The van der Waals surface area contributed by atoms with Gasteiger partial charge in [0, 0.05) is 6.04 Å². The summed E-state index contributed by atoms with van der Waals surface area (Å²) in [6.45, 7) is 1.76. The molecule has 6 atom stereocenters. The quantitative estimate of drug-likeness (QED) is 0.597. The Kier molecular flexibility index (Phi) is 5.32. The minimum absolute atomic E-state index is 0.0542. The van der Waals surface area contributed by atoms with Crippen LogP contribution < -0.4 is 0 Å². The van der Waals surface area contributed by atoms with E-state index in [-0.39, 0.29) is 12.6 Å². The monoisotopic (exact) mass is 297 g/mol. The topological polar surface area (TPSA) is 93.4 Å². The first-order valence-corrected chi connectivity index (χ1v) is 7.04. The summed E-state index contributed by atoms with van der Waals surface area (Å²) in [6.07, 6.45) is -5.12. The van der Waals surface area contributed by atoms with E-state index >= 15 is 0 Å². The molecule has 4 N–H and O–H groups in total. The minimum Gasteiger partial charge on any atom is -0.388 e. The second-order valence-corrected chi connectivity index (χ2v) is 5.53. The maximum atomic E-state index is 10.4. The van der Waals surface area contributed by atoms with Crippen molar-refractivity contribution >= 4 is 0 Å². The Morgan fingerprint density at radius 3 is 2.38 bits per heavy atom. The average Bonchev–Trinajstić information content (AvgIpc) is 2.51. The molecule has 0 aliphatic carbocycles. The Balaban J connectivity index is 2.07. The number of likely N-dealkylation sites (N-methyl/N-ethyl adjacent to an activating group) is 1. The van der Waals surface area contributed by atoms with E-state index in [2.05, 4.69) is 0 Å². The number of hydrogen-bond donors (Lipinski definition) is 4. The van der Waals surface area contributed by atoms with Crippen molar-refractivity contribution in [2.24, 2.45) is 0 Å². The van der Waals surface area contributed by atoms with Gasteiger partial charge in [0.2, 0.25) is 0 Å². The second-order valence-electron chi connectivity index (χ2n) is 5.53. The van der Waals surface area contributed by atoms with Gasteiger partial charge in [0.1, 0.15) is 24.5 Å². The molecule has 0 unspecified atom stereocenters. The summed E-state index contributed by atoms with van der Waals surface area (Å²) in [5, 5.41) is 39.6. The number of rotatable bonds is 4. The summed E-state index contributed by atoms with van der Waals surface area (Å²) in [6, 6.07) is 8.87. The van der Waals surface area contributed by atoms with Crippen LogP contribution in [0.5, 0.6) is 0 Å². The molecule has 0 spiro atoms. The first-order valence-electron chi connectivity index (χ1n) is 7.04. The smallest absolute Gasteiger partial charge is 0.139 e. The van der Waals surface area contributed by atoms with Gasteiger partial charge in [-0.05, 0) is 19.5 Å². The van der Waals surface area contributed by atoms with Crippen molar-refractivity contribution in [3.05, 3.63) is 35.9 Å². The first kappa shape index (κ1) is 16.4. The number of hydrogen-bond acceptors (Lipinski definition) is 6. The third-order valence-electron chi connectivity index (χ3n) is 4.12. The summed E-state index contributed by atoms with van der Waals surface area (Å²) in [5.41, 5.74) is 0.766. The molecule has 0 aromatic heterocycles. The number of aliphatic hydroxyl groups is 4. The van der Waals surface area contributed by atoms with Crippen LogP contribution in [0.15, 0.2) is 30.3 Å². The Labute approximate surface area is 124 Å². The normalized spacial score (nSPS) is 32.9. The molecule has 1 saturated heterocycles. The summed E-state index contributed by atoms with van der Waals surface area (Å²) < 4.78 is 5.40. The highest BCUT2D eigenvalue weighted by Crippen LogP contribution is 2.25. The van der Waals surface area contributed by atoms with E-state index in [1.54, 1.807) is 11.9 Å². The number of aliphatic hydroxyl groups excluding tert-OH is 4. The molecule has 0 bridgehead atoms. The summed E-state index contributed by atoms with van der Waals surface area (Å²) in [5.74, 6) is 0. The van der Waals surface area contributed by atoms with E-state index < -0.39 is 30.6 Å². The van der Waals surface area contributed by atoms with Gasteiger partial charge in [-0.15, -0.1) is 0 Å². The van der Waals surface area contributed by atoms with Crippen molar-refractivity contribution in [3.63, 3.8) is 0 Å². The molecule has 0 saturated carbocycles. The summed E-state index contributed by atoms with van der Waals surface area (Å²) in [4.78, 5) is 1.66. The molecule has 0 amide bonds. The van der Waals surface area contributed by atoms with Gasteiger partial charge >= 0.3 is 0 Å². The van der Waals surface area contributed by atoms with Gasteiger partial charge < -0.3 is 25.2 Å². The number of benzene rings is 1. The predicted octanol–water partition coefficient (Wildman–Crippen LogP) is -0.521. The van der Waals surface area contributed by atoms with E-state index in [0.29, 0.717) is 0 Å². The van der Waals surface area contributed by atoms with Crippen molar-refractivity contribution in [1.82, 2.24) is 4.90 Å². The van der Waals surface area contributed by atoms with Crippen LogP contribution in [0.1, 0.15) is 18.6 Å². The van der Waals surface area contributed by atoms with E-state index in [1.165, 1.54) is 0 Å². The number of ether oxygens (including phenoxy) is 1. The third-order valence-corrected chi connectivity index (χ3v) is 4.12. The van der Waals surface area contributed by atoms with Crippen molar-refractivity contribution in [2.45, 2.75) is 43.6 Å². The third kappa shape index (κ3) is 3.42. The van der Waals surface area contributed by atoms with Crippen LogP contribution in [0.4, 0.5) is 0 Å². The van der Waals surface area contributed by atoms with Gasteiger partial charge in [-0.2, -0.15) is 0 Å². The van der Waals surface area contributed by atoms with Crippen molar-refractivity contribution < 1.29 is 25.2 Å². The van der Waals surface area contributed by atoms with Crippen molar-refractivity contribution in [3.8, 4) is 0 Å². The number of nitrogens with zero attached hydrogens (tertiary/aromatic N) is 1. The van der Waals surface area contributed by atoms with Gasteiger partial charge in [0.15, 0.2) is 0 Å². The van der Waals surface area contributed by atoms with Crippen molar-refractivity contribution in [2.75, 3.05) is 13.7 Å². The highest BCUT2D eigenvalue weighted by Gasteiger charge is 2.41. The predicted molar refractivity (Wildman–Crippen MR) is 76.4 cm³/mol. The SMILES string of the molecule is C[C@@H]([C@@H](O)c1ccccc1)N(C)[C@H]1OC[C@H](O)[C@H](O)[C@H]1O. The zero-order valence-electron chi connectivity index (χ0n) is 12.2.